The van der Waals surface area contributed by atoms with Gasteiger partial charge in [-0.3, -0.25) is 19.4 Å². The molecule has 0 aromatic heterocycles. The molecule has 1 aliphatic heterocycles. The van der Waals surface area contributed by atoms with E-state index in [4.69, 9.17) is 9.47 Å². The van der Waals surface area contributed by atoms with Crippen LogP contribution in [0.1, 0.15) is 0 Å². The second kappa shape index (κ2) is 14.4. The van der Waals surface area contributed by atoms with E-state index in [1.54, 1.807) is 12.2 Å². The van der Waals surface area contributed by atoms with Crippen LogP contribution in [0.25, 0.3) is 0 Å². The van der Waals surface area contributed by atoms with Crippen molar-refractivity contribution in [3.05, 3.63) is 25.3 Å². The normalized spacial score (nSPS) is 18.2. The second-order valence-corrected chi connectivity index (χ2v) is 6.00. The monoisotopic (exact) mass is 368 g/mol. The minimum atomic E-state index is -0.235. The fraction of sp³-hybridized carbons (Fsp3) is 0.667. The van der Waals surface area contributed by atoms with Crippen molar-refractivity contribution in [2.24, 2.45) is 0 Å². The van der Waals surface area contributed by atoms with Gasteiger partial charge in [-0.15, -0.1) is 0 Å². The molecule has 0 saturated carbocycles. The molecule has 0 bridgehead atoms. The van der Waals surface area contributed by atoms with Crippen LogP contribution in [0, 0.1) is 0 Å². The summed E-state index contributed by atoms with van der Waals surface area (Å²) in [6, 6.07) is 0. The Bertz CT molecular complexity index is 393. The van der Waals surface area contributed by atoms with Crippen LogP contribution in [-0.2, 0) is 19.1 Å². The molecule has 0 unspecified atom stereocenters. The molecule has 8 nitrogen and oxygen atoms in total. The minimum Gasteiger partial charge on any atom is -0.461 e. The fourth-order valence-electron chi connectivity index (χ4n) is 2.50. The summed E-state index contributed by atoms with van der Waals surface area (Å²) in [4.78, 5) is 27.6. The molecule has 26 heavy (non-hydrogen) atoms. The van der Waals surface area contributed by atoms with E-state index in [-0.39, 0.29) is 38.2 Å². The second-order valence-electron chi connectivity index (χ2n) is 6.00. The van der Waals surface area contributed by atoms with E-state index in [2.05, 4.69) is 33.6 Å². The predicted molar refractivity (Wildman–Crippen MR) is 101 cm³/mol. The zero-order valence-corrected chi connectivity index (χ0v) is 15.6. The lowest BCUT2D eigenvalue weighted by Crippen LogP contribution is -2.45. The van der Waals surface area contributed by atoms with E-state index >= 15 is 0 Å². The maximum Gasteiger partial charge on any atom is 0.320 e. The molecule has 0 spiro atoms. The van der Waals surface area contributed by atoms with Crippen molar-refractivity contribution in [1.29, 1.82) is 0 Å². The first-order valence-corrected chi connectivity index (χ1v) is 9.05. The predicted octanol–water partition coefficient (Wildman–Crippen LogP) is -0.758. The summed E-state index contributed by atoms with van der Waals surface area (Å²) in [6.45, 7) is 14.2. The van der Waals surface area contributed by atoms with Crippen molar-refractivity contribution in [3.63, 3.8) is 0 Å². The maximum atomic E-state index is 11.8. The van der Waals surface area contributed by atoms with Gasteiger partial charge in [0, 0.05) is 52.4 Å². The van der Waals surface area contributed by atoms with E-state index < -0.39 is 0 Å². The highest BCUT2D eigenvalue weighted by Gasteiger charge is 2.14. The molecule has 148 valence electrons. The van der Waals surface area contributed by atoms with Gasteiger partial charge in [-0.25, -0.2) is 0 Å². The van der Waals surface area contributed by atoms with Gasteiger partial charge in [-0.1, -0.05) is 25.3 Å². The number of hydrogen-bond acceptors (Lipinski definition) is 8. The number of nitrogens with one attached hydrogen (secondary N) is 2. The topological polar surface area (TPSA) is 83.1 Å². The van der Waals surface area contributed by atoms with Gasteiger partial charge in [-0.2, -0.15) is 0 Å². The molecule has 8 heteroatoms. The molecule has 0 aliphatic carbocycles. The van der Waals surface area contributed by atoms with Gasteiger partial charge >= 0.3 is 11.9 Å². The third-order valence-corrected chi connectivity index (χ3v) is 3.85. The summed E-state index contributed by atoms with van der Waals surface area (Å²) in [7, 11) is 0. The Morgan fingerprint density at radius 1 is 0.769 bits per heavy atom. The van der Waals surface area contributed by atoms with E-state index in [9.17, 15) is 9.59 Å². The zero-order chi connectivity index (χ0) is 19.0. The highest BCUT2D eigenvalue weighted by atomic mass is 16.5. The van der Waals surface area contributed by atoms with Gasteiger partial charge < -0.3 is 20.1 Å². The average Bonchev–Trinajstić information content (AvgIpc) is 2.62. The van der Waals surface area contributed by atoms with E-state index in [1.165, 1.54) is 0 Å². The van der Waals surface area contributed by atoms with Crippen LogP contribution in [0.15, 0.2) is 25.3 Å². The summed E-state index contributed by atoms with van der Waals surface area (Å²) < 4.78 is 10.1. The Kier molecular flexibility index (Phi) is 12.4. The Morgan fingerprint density at radius 2 is 1.12 bits per heavy atom. The van der Waals surface area contributed by atoms with Crippen LogP contribution in [0.2, 0.25) is 0 Å². The van der Waals surface area contributed by atoms with Gasteiger partial charge in [0.1, 0.15) is 13.2 Å². The first kappa shape index (κ1) is 22.3. The highest BCUT2D eigenvalue weighted by Crippen LogP contribution is 1.93. The largest absolute Gasteiger partial charge is 0.461 e. The molecule has 1 rings (SSSR count). The van der Waals surface area contributed by atoms with Crippen LogP contribution >= 0.6 is 0 Å². The van der Waals surface area contributed by atoms with Crippen molar-refractivity contribution in [2.75, 3.05) is 78.7 Å². The van der Waals surface area contributed by atoms with Crippen LogP contribution in [0.5, 0.6) is 0 Å². The smallest absolute Gasteiger partial charge is 0.320 e. The van der Waals surface area contributed by atoms with Crippen LogP contribution < -0.4 is 10.6 Å². The third kappa shape index (κ3) is 11.0. The number of hydrogen-bond donors (Lipinski definition) is 2. The highest BCUT2D eigenvalue weighted by molar-refractivity contribution is 5.72. The van der Waals surface area contributed by atoms with Gasteiger partial charge in [0.05, 0.1) is 13.1 Å². The van der Waals surface area contributed by atoms with E-state index in [0.29, 0.717) is 0 Å². The summed E-state index contributed by atoms with van der Waals surface area (Å²) in [5.41, 5.74) is 0. The van der Waals surface area contributed by atoms with Crippen molar-refractivity contribution in [2.45, 2.75) is 0 Å². The van der Waals surface area contributed by atoms with Crippen molar-refractivity contribution >= 4 is 11.9 Å². The molecule has 1 aliphatic rings. The zero-order valence-electron chi connectivity index (χ0n) is 15.6. The van der Waals surface area contributed by atoms with Gasteiger partial charge in [0.2, 0.25) is 0 Å². The molecule has 1 heterocycles. The molecule has 0 aromatic carbocycles. The molecule has 0 aromatic rings. The summed E-state index contributed by atoms with van der Waals surface area (Å²) >= 11 is 0. The first-order valence-electron chi connectivity index (χ1n) is 9.05. The maximum absolute atomic E-state index is 11.8. The quantitative estimate of drug-likeness (QED) is 0.427. The van der Waals surface area contributed by atoms with Gasteiger partial charge in [0.15, 0.2) is 0 Å². The van der Waals surface area contributed by atoms with Crippen molar-refractivity contribution in [3.8, 4) is 0 Å². The molecular weight excluding hydrogens is 336 g/mol. The number of ether oxygens (including phenoxy) is 2. The van der Waals surface area contributed by atoms with Gasteiger partial charge in [-0.05, 0) is 0 Å². The third-order valence-electron chi connectivity index (χ3n) is 3.85. The molecule has 1 fully saturated rings. The minimum absolute atomic E-state index is 0.235. The number of carbonyl (C=O) groups is 2. The van der Waals surface area contributed by atoms with Crippen LogP contribution in [0.4, 0.5) is 0 Å². The first-order chi connectivity index (χ1) is 12.7. The number of carbonyl (C=O) groups excluding carboxylic acids is 2. The Morgan fingerprint density at radius 3 is 1.42 bits per heavy atom. The molecule has 2 N–H and O–H groups in total. The Labute approximate surface area is 156 Å². The Hall–Kier alpha value is -1.74. The number of esters is 2. The van der Waals surface area contributed by atoms with Gasteiger partial charge in [0.25, 0.3) is 0 Å². The van der Waals surface area contributed by atoms with Crippen LogP contribution in [0.3, 0.4) is 0 Å². The summed E-state index contributed by atoms with van der Waals surface area (Å²) in [5.74, 6) is -0.470. The van der Waals surface area contributed by atoms with E-state index in [1.807, 2.05) is 0 Å². The molecule has 1 saturated heterocycles. The molecular formula is C18H32N4O4. The lowest BCUT2D eigenvalue weighted by molar-refractivity contribution is -0.144. The lowest BCUT2D eigenvalue weighted by atomic mass is 10.3. The van der Waals surface area contributed by atoms with Crippen molar-refractivity contribution < 1.29 is 19.1 Å². The van der Waals surface area contributed by atoms with E-state index in [0.717, 1.165) is 52.4 Å². The molecule has 0 amide bonds. The van der Waals surface area contributed by atoms with Crippen LogP contribution in [-0.4, -0.2) is 100 Å². The summed E-state index contributed by atoms with van der Waals surface area (Å²) in [5, 5.41) is 6.71. The fourth-order valence-corrected chi connectivity index (χ4v) is 2.50. The van der Waals surface area contributed by atoms with Crippen molar-refractivity contribution in [1.82, 2.24) is 20.4 Å². The Balaban J connectivity index is 2.37. The summed E-state index contributed by atoms with van der Waals surface area (Å²) in [6.07, 6.45) is 3.13. The lowest BCUT2D eigenvalue weighted by Gasteiger charge is -2.25. The molecule has 0 atom stereocenters. The standard InChI is InChI=1S/C18H32N4O4/c1-3-13-25-17(23)15-21-9-5-19-7-11-22(12-8-20-6-10-21)16-18(24)26-14-4-2/h3-4,19-20H,1-2,5-16H2. The number of nitrogens with zero attached hydrogens (tertiary/aromatic N) is 2. The SMILES string of the molecule is C=CCOC(=O)CN1CCNCCN(CC(=O)OCC=C)CCNCC1. The molecule has 0 radical (unpaired) electrons. The number of rotatable bonds is 8. The average molecular weight is 368 g/mol.